The van der Waals surface area contributed by atoms with Crippen molar-refractivity contribution < 1.29 is 58.6 Å². The highest BCUT2D eigenvalue weighted by molar-refractivity contribution is 5.91. The number of methoxy groups -OCH3 is 1. The summed E-state index contributed by atoms with van der Waals surface area (Å²) in [5.41, 5.74) is -5.36. The van der Waals surface area contributed by atoms with E-state index in [-0.39, 0.29) is 29.7 Å². The van der Waals surface area contributed by atoms with Crippen molar-refractivity contribution in [1.82, 2.24) is 4.90 Å². The molecule has 1 heterocycles. The van der Waals surface area contributed by atoms with Crippen molar-refractivity contribution in [2.24, 2.45) is 5.92 Å². The third-order valence-corrected chi connectivity index (χ3v) is 7.34. The number of carbonyl (C=O) groups is 2. The average Bonchev–Trinajstić information content (AvgIpc) is 3.73. The van der Waals surface area contributed by atoms with Crippen LogP contribution in [0.15, 0.2) is 36.4 Å². The van der Waals surface area contributed by atoms with Crippen LogP contribution in [-0.2, 0) is 34.5 Å². The highest BCUT2D eigenvalue weighted by atomic mass is 19.4. The summed E-state index contributed by atoms with van der Waals surface area (Å²) in [6.45, 7) is 2.20. The molecular weight excluding hydrogens is 599 g/mol. The zero-order valence-electron chi connectivity index (χ0n) is 23.0. The standard InChI is InChI=1S/C28H27F9N2O4/c1-14(2)43-25(41)39-21-9-8-17(26(29,30)31)10-19(21)23(12-22(39)15-4-5-15)38(24(40)42-3)13-16-6-7-18(27(32,33)34)11-20(16)28(35,36)37/h6-11,14-15,22-23H,4-5,12-13H2,1-3H3. The fourth-order valence-corrected chi connectivity index (χ4v) is 5.29. The lowest BCUT2D eigenvalue weighted by molar-refractivity contribution is -0.143. The Bertz CT molecular complexity index is 1370. The van der Waals surface area contributed by atoms with Gasteiger partial charge in [0.2, 0.25) is 0 Å². The van der Waals surface area contributed by atoms with Gasteiger partial charge in [-0.1, -0.05) is 6.07 Å². The van der Waals surface area contributed by atoms with Crippen LogP contribution in [0, 0.1) is 5.92 Å². The van der Waals surface area contributed by atoms with Gasteiger partial charge in [0, 0.05) is 6.04 Å². The van der Waals surface area contributed by atoms with Crippen molar-refractivity contribution in [3.63, 3.8) is 0 Å². The van der Waals surface area contributed by atoms with Crippen LogP contribution in [0.25, 0.3) is 0 Å². The minimum Gasteiger partial charge on any atom is -0.453 e. The molecule has 236 valence electrons. The predicted octanol–water partition coefficient (Wildman–Crippen LogP) is 8.59. The molecule has 4 rings (SSSR count). The number of anilines is 1. The van der Waals surface area contributed by atoms with E-state index in [9.17, 15) is 49.1 Å². The molecule has 0 N–H and O–H groups in total. The summed E-state index contributed by atoms with van der Waals surface area (Å²) in [4.78, 5) is 28.2. The van der Waals surface area contributed by atoms with Crippen LogP contribution in [0.2, 0.25) is 0 Å². The lowest BCUT2D eigenvalue weighted by Crippen LogP contribution is -2.50. The van der Waals surface area contributed by atoms with Crippen molar-refractivity contribution >= 4 is 17.9 Å². The van der Waals surface area contributed by atoms with E-state index in [1.54, 1.807) is 13.8 Å². The first-order valence-corrected chi connectivity index (χ1v) is 13.2. The second kappa shape index (κ2) is 11.5. The Morgan fingerprint density at radius 1 is 0.907 bits per heavy atom. The van der Waals surface area contributed by atoms with Gasteiger partial charge in [-0.05, 0) is 80.5 Å². The van der Waals surface area contributed by atoms with E-state index in [0.717, 1.165) is 24.1 Å². The zero-order chi connectivity index (χ0) is 32.1. The smallest absolute Gasteiger partial charge is 0.416 e. The van der Waals surface area contributed by atoms with Gasteiger partial charge >= 0.3 is 30.7 Å². The maximum atomic E-state index is 14.0. The van der Waals surface area contributed by atoms with Gasteiger partial charge in [-0.15, -0.1) is 0 Å². The Morgan fingerprint density at radius 2 is 1.49 bits per heavy atom. The normalized spacial score (nSPS) is 19.2. The largest absolute Gasteiger partial charge is 0.453 e. The van der Waals surface area contributed by atoms with Crippen LogP contribution in [0.4, 0.5) is 54.8 Å². The van der Waals surface area contributed by atoms with Gasteiger partial charge in [-0.25, -0.2) is 9.59 Å². The molecule has 1 saturated carbocycles. The van der Waals surface area contributed by atoms with Crippen LogP contribution in [0.5, 0.6) is 0 Å². The van der Waals surface area contributed by atoms with Crippen LogP contribution >= 0.6 is 0 Å². The summed E-state index contributed by atoms with van der Waals surface area (Å²) in [5.74, 6) is -0.144. The molecule has 0 bridgehead atoms. The number of halogens is 9. The molecular formula is C28H27F9N2O4. The number of ether oxygens (including phenoxy) is 2. The minimum atomic E-state index is -5.26. The fourth-order valence-electron chi connectivity index (χ4n) is 5.29. The zero-order valence-corrected chi connectivity index (χ0v) is 23.0. The van der Waals surface area contributed by atoms with Crippen molar-refractivity contribution in [3.05, 3.63) is 64.2 Å². The summed E-state index contributed by atoms with van der Waals surface area (Å²) in [7, 11) is 0.910. The quantitative estimate of drug-likeness (QED) is 0.312. The molecule has 6 nitrogen and oxygen atoms in total. The number of hydrogen-bond acceptors (Lipinski definition) is 4. The lowest BCUT2D eigenvalue weighted by Gasteiger charge is -2.44. The van der Waals surface area contributed by atoms with Gasteiger partial charge < -0.3 is 9.47 Å². The van der Waals surface area contributed by atoms with Gasteiger partial charge in [0.05, 0.1) is 48.2 Å². The molecule has 0 spiro atoms. The SMILES string of the molecule is COC(=O)N(Cc1ccc(C(F)(F)F)cc1C(F)(F)F)C1CC(C2CC2)N(C(=O)OC(C)C)c2ccc(C(F)(F)F)cc21. The highest BCUT2D eigenvalue weighted by Crippen LogP contribution is 2.50. The molecule has 1 aliphatic carbocycles. The fraction of sp³-hybridized carbons (Fsp3) is 0.500. The lowest BCUT2D eigenvalue weighted by atomic mass is 9.86. The maximum Gasteiger partial charge on any atom is 0.416 e. The molecule has 2 atom stereocenters. The first-order valence-electron chi connectivity index (χ1n) is 13.2. The molecule has 2 aromatic carbocycles. The summed E-state index contributed by atoms with van der Waals surface area (Å²) in [6, 6.07) is 1.33. The summed E-state index contributed by atoms with van der Waals surface area (Å²) >= 11 is 0. The van der Waals surface area contributed by atoms with E-state index in [1.807, 2.05) is 0 Å². The summed E-state index contributed by atoms with van der Waals surface area (Å²) in [5, 5.41) is 0. The molecule has 1 fully saturated rings. The number of carbonyl (C=O) groups excluding carboxylic acids is 2. The van der Waals surface area contributed by atoms with Crippen molar-refractivity contribution in [2.75, 3.05) is 12.0 Å². The van der Waals surface area contributed by atoms with Gasteiger partial charge in [0.15, 0.2) is 0 Å². The molecule has 15 heteroatoms. The van der Waals surface area contributed by atoms with E-state index in [0.29, 0.717) is 31.0 Å². The number of nitrogens with zero attached hydrogens (tertiary/aromatic N) is 2. The second-order valence-electron chi connectivity index (χ2n) is 10.7. The monoisotopic (exact) mass is 626 g/mol. The number of alkyl halides is 9. The van der Waals surface area contributed by atoms with Gasteiger partial charge in [0.25, 0.3) is 0 Å². The molecule has 2 aromatic rings. The molecule has 43 heavy (non-hydrogen) atoms. The van der Waals surface area contributed by atoms with Crippen LogP contribution in [0.3, 0.4) is 0 Å². The van der Waals surface area contributed by atoms with E-state index in [4.69, 9.17) is 9.47 Å². The van der Waals surface area contributed by atoms with Crippen molar-refractivity contribution in [1.29, 1.82) is 0 Å². The van der Waals surface area contributed by atoms with Gasteiger partial charge in [-0.2, -0.15) is 39.5 Å². The minimum absolute atomic E-state index is 0.0378. The maximum absolute atomic E-state index is 14.0. The van der Waals surface area contributed by atoms with E-state index in [2.05, 4.69) is 0 Å². The number of rotatable bonds is 5. The number of benzene rings is 2. The molecule has 2 aliphatic rings. The van der Waals surface area contributed by atoms with Crippen molar-refractivity contribution in [2.45, 2.75) is 76.4 Å². The van der Waals surface area contributed by atoms with E-state index < -0.39 is 77.7 Å². The number of fused-ring (bicyclic) bond motifs is 1. The Morgan fingerprint density at radius 3 is 2.00 bits per heavy atom. The van der Waals surface area contributed by atoms with Crippen LogP contribution < -0.4 is 4.90 Å². The van der Waals surface area contributed by atoms with Gasteiger partial charge in [-0.3, -0.25) is 9.80 Å². The average molecular weight is 627 g/mol. The van der Waals surface area contributed by atoms with E-state index >= 15 is 0 Å². The molecule has 0 aromatic heterocycles. The predicted molar refractivity (Wildman–Crippen MR) is 134 cm³/mol. The molecule has 0 radical (unpaired) electrons. The molecule has 0 saturated heterocycles. The molecule has 1 aliphatic heterocycles. The Labute approximate surface area is 240 Å². The highest BCUT2D eigenvalue weighted by Gasteiger charge is 2.48. The topological polar surface area (TPSA) is 59.1 Å². The Balaban J connectivity index is 1.89. The van der Waals surface area contributed by atoms with Gasteiger partial charge in [0.1, 0.15) is 0 Å². The molecule has 2 unspecified atom stereocenters. The number of amides is 2. The number of hydrogen-bond donors (Lipinski definition) is 0. The first-order chi connectivity index (χ1) is 19.8. The van der Waals surface area contributed by atoms with Crippen molar-refractivity contribution in [3.8, 4) is 0 Å². The summed E-state index contributed by atoms with van der Waals surface area (Å²) in [6.07, 6.45) is -16.8. The Hall–Kier alpha value is -3.65. The third-order valence-electron chi connectivity index (χ3n) is 7.34. The Kier molecular flexibility index (Phi) is 8.59. The third kappa shape index (κ3) is 6.96. The molecule has 2 amide bonds. The summed E-state index contributed by atoms with van der Waals surface area (Å²) < 4.78 is 133. The van der Waals surface area contributed by atoms with Crippen LogP contribution in [0.1, 0.15) is 67.0 Å². The first kappa shape index (κ1) is 32.3. The van der Waals surface area contributed by atoms with Crippen LogP contribution in [-0.4, -0.2) is 36.3 Å². The second-order valence-corrected chi connectivity index (χ2v) is 10.7. The van der Waals surface area contributed by atoms with E-state index in [1.165, 1.54) is 4.90 Å².